The summed E-state index contributed by atoms with van der Waals surface area (Å²) in [7, 11) is -3.07. The fourth-order valence-corrected chi connectivity index (χ4v) is 8.05. The molecule has 4 radical (unpaired) electrons. The minimum absolute atomic E-state index is 0. The number of rotatable bonds is 12. The zero-order valence-corrected chi connectivity index (χ0v) is 56.4. The minimum atomic E-state index is -1.21. The van der Waals surface area contributed by atoms with Crippen LogP contribution < -0.4 is 0 Å². The smallest absolute Gasteiger partial charge is 0.701 e. The summed E-state index contributed by atoms with van der Waals surface area (Å²) in [5.74, 6) is 0. The maximum atomic E-state index is 6.67. The van der Waals surface area contributed by atoms with Crippen LogP contribution in [0.15, 0.2) is 0 Å². The first-order valence-electron chi connectivity index (χ1n) is 20.3. The Kier molecular flexibility index (Phi) is 139. The Morgan fingerprint density at radius 2 is 0.317 bits per heavy atom. The SMILES string of the molecule is CCP(CC)CC.CCP(CC)CC.CCP(CC)CC.CCP(CC)CC.[C-]#C[Si](C)(C)C.[C-]#C[Si](C)(C)C.[C-]#C[Si](C)(C)C.[C-]#C[Si](C)(C)C.[Mn+2].[Mn].[Mn].[Mn].[NH2-].[NH2-].[NH2-].[NH2-]. The zero-order chi connectivity index (χ0) is 43.6. The van der Waals surface area contributed by atoms with Gasteiger partial charge in [0.25, 0.3) is 0 Å². The van der Waals surface area contributed by atoms with E-state index >= 15 is 0 Å². The van der Waals surface area contributed by atoms with Gasteiger partial charge in [0, 0.05) is 51.2 Å². The Labute approximate surface area is 436 Å². The molecule has 60 heavy (non-hydrogen) atoms. The van der Waals surface area contributed by atoms with Crippen molar-refractivity contribution in [3.05, 3.63) is 50.3 Å². The van der Waals surface area contributed by atoms with E-state index in [1.807, 2.05) is 0 Å². The van der Waals surface area contributed by atoms with Crippen molar-refractivity contribution >= 4 is 64.0 Å². The van der Waals surface area contributed by atoms with Crippen LogP contribution in [-0.2, 0) is 68.3 Å². The van der Waals surface area contributed by atoms with Crippen molar-refractivity contribution in [2.24, 2.45) is 0 Å². The van der Waals surface area contributed by atoms with Gasteiger partial charge in [0.2, 0.25) is 0 Å². The van der Waals surface area contributed by atoms with Crippen LogP contribution >= 0.6 is 31.7 Å². The van der Waals surface area contributed by atoms with Gasteiger partial charge in [-0.05, 0) is 73.9 Å². The Morgan fingerprint density at radius 1 is 0.267 bits per heavy atom. The van der Waals surface area contributed by atoms with Crippen molar-refractivity contribution in [1.82, 2.24) is 0 Å². The first-order chi connectivity index (χ1) is 23.6. The molecule has 16 heteroatoms. The molecule has 370 valence electrons. The molecule has 0 rings (SSSR count). The topological polar surface area (TPSA) is 134 Å². The Hall–Kier alpha value is 2.75. The molecule has 0 aliphatic rings. The second-order valence-electron chi connectivity index (χ2n) is 16.0. The molecule has 0 spiro atoms. The van der Waals surface area contributed by atoms with Crippen LogP contribution in [-0.4, -0.2) is 106 Å². The quantitative estimate of drug-likeness (QED) is 0.0797. The monoisotopic (exact) mass is 1140 g/mol. The van der Waals surface area contributed by atoms with E-state index in [1.165, 1.54) is 73.9 Å². The normalized spacial score (nSPS) is 8.93. The van der Waals surface area contributed by atoms with Gasteiger partial charge in [0.1, 0.15) is 0 Å². The van der Waals surface area contributed by atoms with Crippen molar-refractivity contribution in [2.45, 2.75) is 162 Å². The second kappa shape index (κ2) is 76.0. The Morgan fingerprint density at radius 3 is 0.317 bits per heavy atom. The van der Waals surface area contributed by atoms with E-state index in [2.05, 4.69) is 184 Å². The Bertz CT molecular complexity index is 713. The third-order valence-electron chi connectivity index (χ3n) is 6.87. The molecule has 0 saturated heterocycles. The van der Waals surface area contributed by atoms with Crippen LogP contribution in [0.1, 0.15) is 83.1 Å². The van der Waals surface area contributed by atoms with Crippen LogP contribution in [0, 0.1) is 47.9 Å². The number of nitrogens with two attached hydrogens (primary N) is 4. The summed E-state index contributed by atoms with van der Waals surface area (Å²) in [5, 5.41) is 0. The van der Waals surface area contributed by atoms with Crippen molar-refractivity contribution in [1.29, 1.82) is 0 Å². The summed E-state index contributed by atoms with van der Waals surface area (Å²) in [4.78, 5) is 0. The van der Waals surface area contributed by atoms with E-state index in [9.17, 15) is 0 Å². The molecular weight excluding hydrogens is 1040 g/mol. The van der Waals surface area contributed by atoms with Gasteiger partial charge in [-0.3, -0.25) is 0 Å². The molecule has 0 atom stereocenters. The molecule has 0 aromatic heterocycles. The zero-order valence-electron chi connectivity index (χ0n) is 44.1. The molecule has 4 nitrogen and oxygen atoms in total. The number of hydrogen-bond acceptors (Lipinski definition) is 0. The van der Waals surface area contributed by atoms with Gasteiger partial charge < -0.3 is 72.5 Å². The molecule has 0 unspecified atom stereocenters. The van der Waals surface area contributed by atoms with E-state index in [1.54, 1.807) is 0 Å². The van der Waals surface area contributed by atoms with Gasteiger partial charge in [-0.2, -0.15) is 0 Å². The summed E-state index contributed by atoms with van der Waals surface area (Å²) in [6, 6.07) is 0. The summed E-state index contributed by atoms with van der Waals surface area (Å²) < 4.78 is 0. The van der Waals surface area contributed by atoms with Crippen LogP contribution in [0.5, 0.6) is 0 Å². The average molecular weight is 1150 g/mol. The van der Waals surface area contributed by atoms with Crippen molar-refractivity contribution in [3.63, 3.8) is 0 Å². The predicted molar refractivity (Wildman–Crippen MR) is 297 cm³/mol. The van der Waals surface area contributed by atoms with E-state index in [-0.39, 0.29) is 92.9 Å². The largest absolute Gasteiger partial charge is 2.00 e. The maximum absolute atomic E-state index is 6.67. The van der Waals surface area contributed by atoms with Crippen LogP contribution in [0.3, 0.4) is 0 Å². The van der Waals surface area contributed by atoms with Crippen molar-refractivity contribution < 1.29 is 68.3 Å². The van der Waals surface area contributed by atoms with Gasteiger partial charge in [0.05, 0.1) is 32.3 Å². The molecule has 0 fully saturated rings. The molecule has 0 aromatic carbocycles. The van der Waals surface area contributed by atoms with Crippen LogP contribution in [0.4, 0.5) is 0 Å². The van der Waals surface area contributed by atoms with Gasteiger partial charge >= 0.3 is 17.1 Å². The summed E-state index contributed by atoms with van der Waals surface area (Å²) in [5.41, 5.74) is 9.97. The fraction of sp³-hybridized carbons (Fsp3) is 0.818. The Balaban J connectivity index is -0.0000000259. The predicted octanol–water partition coefficient (Wildman–Crippen LogP) is 18.8. The number of hydrogen-bond donors (Lipinski definition) is 0. The van der Waals surface area contributed by atoms with E-state index in [4.69, 9.17) is 25.7 Å². The van der Waals surface area contributed by atoms with Gasteiger partial charge in [-0.25, -0.2) is 0 Å². The molecule has 0 heterocycles. The van der Waals surface area contributed by atoms with Crippen molar-refractivity contribution in [3.8, 4) is 22.2 Å². The second-order valence-corrected chi connectivity index (χ2v) is 47.9. The first kappa shape index (κ1) is 109. The standard InChI is InChI=1S/4C6H15P.4C5H9Si.4Mn.4H2N/c4*1-4-7(5-2)6-3;4*1-5-6(2,3)4;;;;;;;;/h4*4-6H2,1-3H3;4*2-4H3;;;;;4*1H2/q;;;;4*-1;;;;+2;4*-1. The van der Waals surface area contributed by atoms with Gasteiger partial charge in [0.15, 0.2) is 0 Å². The molecule has 0 amide bonds. The molecular formula is C44H104Mn4N4P4Si4-6. The average Bonchev–Trinajstić information content (AvgIpc) is 3.08. The molecule has 0 aliphatic carbocycles. The minimum Gasteiger partial charge on any atom is -0.701 e. The van der Waals surface area contributed by atoms with E-state index in [0.29, 0.717) is 31.7 Å². The third kappa shape index (κ3) is 144. The molecule has 8 N–H and O–H groups in total. The fourth-order valence-electron chi connectivity index (χ4n) is 2.68. The summed E-state index contributed by atoms with van der Waals surface area (Å²) in [6.07, 6.45) is 43.7. The molecule has 0 aliphatic heterocycles. The van der Waals surface area contributed by atoms with Crippen molar-refractivity contribution in [2.75, 3.05) is 73.9 Å². The first-order valence-corrected chi connectivity index (χ1v) is 41.9. The van der Waals surface area contributed by atoms with E-state index < -0.39 is 32.3 Å². The van der Waals surface area contributed by atoms with Gasteiger partial charge in [-0.15, -0.1) is 31.7 Å². The summed E-state index contributed by atoms with van der Waals surface area (Å²) >= 11 is 0. The maximum Gasteiger partial charge on any atom is 2.00 e. The molecule has 0 saturated carbocycles. The third-order valence-corrected chi connectivity index (χ3v) is 20.6. The van der Waals surface area contributed by atoms with E-state index in [0.717, 1.165) is 0 Å². The summed E-state index contributed by atoms with van der Waals surface area (Å²) in [6.45, 7) is 52.5. The van der Waals surface area contributed by atoms with Crippen LogP contribution in [0.25, 0.3) is 24.6 Å². The van der Waals surface area contributed by atoms with Gasteiger partial charge in [-0.1, -0.05) is 162 Å². The molecule has 0 bridgehead atoms. The molecule has 0 aromatic rings. The van der Waals surface area contributed by atoms with Crippen LogP contribution in [0.2, 0.25) is 78.6 Å².